The molecule has 3 heteroatoms. The predicted molar refractivity (Wildman–Crippen MR) is 69.1 cm³/mol. The summed E-state index contributed by atoms with van der Waals surface area (Å²) in [5, 5.41) is 0. The van der Waals surface area contributed by atoms with Crippen molar-refractivity contribution in [1.29, 1.82) is 0 Å². The summed E-state index contributed by atoms with van der Waals surface area (Å²) >= 11 is 0. The topological polar surface area (TPSA) is 26.0 Å². The van der Waals surface area contributed by atoms with Crippen LogP contribution in [0, 0.1) is 28.4 Å². The quantitative estimate of drug-likeness (QED) is 0.876. The van der Waals surface area contributed by atoms with Crippen molar-refractivity contribution in [2.24, 2.45) is 22.5 Å². The van der Waals surface area contributed by atoms with Crippen LogP contribution in [-0.2, 0) is 6.42 Å². The van der Waals surface area contributed by atoms with Crippen molar-refractivity contribution < 1.29 is 8.78 Å². The average molecular weight is 253 g/mol. The van der Waals surface area contributed by atoms with E-state index in [1.807, 2.05) is 0 Å². The second kappa shape index (κ2) is 4.02. The summed E-state index contributed by atoms with van der Waals surface area (Å²) < 4.78 is 26.7. The van der Waals surface area contributed by atoms with E-state index in [1.54, 1.807) is 6.07 Å². The normalized spacial score (nSPS) is 22.8. The Morgan fingerprint density at radius 3 is 2.22 bits per heavy atom. The number of hydrogen-bond donors (Lipinski definition) is 1. The maximum absolute atomic E-state index is 13.6. The predicted octanol–water partition coefficient (Wildman–Crippen LogP) is 3.52. The van der Waals surface area contributed by atoms with E-state index in [-0.39, 0.29) is 16.9 Å². The number of benzene rings is 1. The van der Waals surface area contributed by atoms with E-state index in [9.17, 15) is 8.78 Å². The lowest BCUT2D eigenvalue weighted by molar-refractivity contribution is 0.457. The molecule has 1 atom stereocenters. The van der Waals surface area contributed by atoms with Gasteiger partial charge < -0.3 is 5.73 Å². The second-order valence-electron chi connectivity index (χ2n) is 6.50. The van der Waals surface area contributed by atoms with Crippen LogP contribution < -0.4 is 5.73 Å². The fraction of sp³-hybridized carbons (Fsp3) is 0.600. The molecular formula is C15H21F2N. The molecule has 0 spiro atoms. The van der Waals surface area contributed by atoms with Crippen LogP contribution in [0.4, 0.5) is 8.78 Å². The third-order valence-corrected chi connectivity index (χ3v) is 5.05. The van der Waals surface area contributed by atoms with Crippen molar-refractivity contribution in [3.8, 4) is 0 Å². The Kier molecular flexibility index (Phi) is 3.01. The second-order valence-corrected chi connectivity index (χ2v) is 6.50. The monoisotopic (exact) mass is 253 g/mol. The van der Waals surface area contributed by atoms with Crippen molar-refractivity contribution in [1.82, 2.24) is 0 Å². The first-order chi connectivity index (χ1) is 8.19. The van der Waals surface area contributed by atoms with Gasteiger partial charge in [0, 0.05) is 6.04 Å². The molecule has 0 aromatic heterocycles. The third kappa shape index (κ3) is 1.85. The van der Waals surface area contributed by atoms with Gasteiger partial charge in [-0.1, -0.05) is 39.8 Å². The van der Waals surface area contributed by atoms with E-state index in [0.717, 1.165) is 6.07 Å². The zero-order valence-electron chi connectivity index (χ0n) is 11.4. The van der Waals surface area contributed by atoms with E-state index in [1.165, 1.54) is 6.07 Å². The molecule has 0 aliphatic heterocycles. The van der Waals surface area contributed by atoms with Gasteiger partial charge in [0.2, 0.25) is 0 Å². The fourth-order valence-corrected chi connectivity index (χ4v) is 3.40. The first-order valence-electron chi connectivity index (χ1n) is 6.38. The highest BCUT2D eigenvalue weighted by atomic mass is 19.2. The largest absolute Gasteiger partial charge is 0.327 e. The summed E-state index contributed by atoms with van der Waals surface area (Å²) in [6, 6.07) is 4.14. The summed E-state index contributed by atoms with van der Waals surface area (Å²) in [4.78, 5) is 0. The number of nitrogens with two attached hydrogens (primary N) is 1. The van der Waals surface area contributed by atoms with Gasteiger partial charge in [-0.3, -0.25) is 0 Å². The Morgan fingerprint density at radius 2 is 1.72 bits per heavy atom. The molecule has 0 heterocycles. The lowest BCUT2D eigenvalue weighted by Crippen LogP contribution is -2.29. The zero-order chi connectivity index (χ0) is 13.7. The molecule has 1 fully saturated rings. The smallest absolute Gasteiger partial charge is 0.162 e. The van der Waals surface area contributed by atoms with Gasteiger partial charge in [0.05, 0.1) is 0 Å². The molecule has 2 N–H and O–H groups in total. The molecule has 2 rings (SSSR count). The van der Waals surface area contributed by atoms with Gasteiger partial charge in [0.15, 0.2) is 11.6 Å². The van der Waals surface area contributed by atoms with Crippen LogP contribution in [0.1, 0.15) is 33.3 Å². The van der Waals surface area contributed by atoms with E-state index >= 15 is 0 Å². The maximum Gasteiger partial charge on any atom is 0.162 e. The average Bonchev–Trinajstić information content (AvgIpc) is 2.65. The van der Waals surface area contributed by atoms with Crippen molar-refractivity contribution >= 4 is 0 Å². The molecular weight excluding hydrogens is 232 g/mol. The first kappa shape index (κ1) is 13.5. The molecule has 1 aromatic carbocycles. The molecule has 1 saturated carbocycles. The Labute approximate surface area is 107 Å². The molecule has 1 aromatic rings. The van der Waals surface area contributed by atoms with Gasteiger partial charge in [-0.15, -0.1) is 0 Å². The van der Waals surface area contributed by atoms with Gasteiger partial charge in [0.25, 0.3) is 0 Å². The van der Waals surface area contributed by atoms with Crippen molar-refractivity contribution in [2.75, 3.05) is 0 Å². The van der Waals surface area contributed by atoms with Crippen molar-refractivity contribution in [3.63, 3.8) is 0 Å². The summed E-state index contributed by atoms with van der Waals surface area (Å²) in [5.41, 5.74) is 6.89. The molecule has 1 aliphatic rings. The van der Waals surface area contributed by atoms with Gasteiger partial charge in [-0.2, -0.15) is 0 Å². The van der Waals surface area contributed by atoms with Crippen LogP contribution in [0.2, 0.25) is 0 Å². The molecule has 1 nitrogen and oxygen atoms in total. The highest BCUT2D eigenvalue weighted by Gasteiger charge is 2.66. The van der Waals surface area contributed by atoms with E-state index in [4.69, 9.17) is 5.73 Å². The highest BCUT2D eigenvalue weighted by Crippen LogP contribution is 2.69. The Bertz CT molecular complexity index is 452. The minimum Gasteiger partial charge on any atom is -0.327 e. The fourth-order valence-electron chi connectivity index (χ4n) is 3.40. The summed E-state index contributed by atoms with van der Waals surface area (Å²) in [6.07, 6.45) is 0.390. The molecule has 0 saturated heterocycles. The molecule has 0 radical (unpaired) electrons. The molecule has 1 unspecified atom stereocenters. The standard InChI is InChI=1S/C15H21F2N/c1-14(2)13(15(14,3)4)11(18)8-9-6-5-7-10(16)12(9)17/h5-7,11,13H,8,18H2,1-4H3. The Hall–Kier alpha value is -0.960. The van der Waals surface area contributed by atoms with Crippen LogP contribution in [0.15, 0.2) is 18.2 Å². The maximum atomic E-state index is 13.6. The van der Waals surface area contributed by atoms with Crippen LogP contribution >= 0.6 is 0 Å². The van der Waals surface area contributed by atoms with Crippen molar-refractivity contribution in [3.05, 3.63) is 35.4 Å². The zero-order valence-corrected chi connectivity index (χ0v) is 11.4. The van der Waals surface area contributed by atoms with E-state index < -0.39 is 11.6 Å². The summed E-state index contributed by atoms with van der Waals surface area (Å²) in [7, 11) is 0. The Morgan fingerprint density at radius 1 is 1.17 bits per heavy atom. The van der Waals surface area contributed by atoms with E-state index in [2.05, 4.69) is 27.7 Å². The van der Waals surface area contributed by atoms with Gasteiger partial charge in [0.1, 0.15) is 0 Å². The lowest BCUT2D eigenvalue weighted by Gasteiger charge is -2.14. The van der Waals surface area contributed by atoms with E-state index in [0.29, 0.717) is 17.9 Å². The first-order valence-corrected chi connectivity index (χ1v) is 6.38. The van der Waals surface area contributed by atoms with Crippen molar-refractivity contribution in [2.45, 2.75) is 40.2 Å². The summed E-state index contributed by atoms with van der Waals surface area (Å²) in [5.74, 6) is -1.22. The van der Waals surface area contributed by atoms with Crippen LogP contribution in [0.5, 0.6) is 0 Å². The number of halogens is 2. The van der Waals surface area contributed by atoms with Crippen LogP contribution in [0.3, 0.4) is 0 Å². The minimum atomic E-state index is -0.797. The molecule has 0 bridgehead atoms. The lowest BCUT2D eigenvalue weighted by atomic mass is 9.97. The van der Waals surface area contributed by atoms with Gasteiger partial charge >= 0.3 is 0 Å². The molecule has 0 amide bonds. The van der Waals surface area contributed by atoms with Gasteiger partial charge in [-0.05, 0) is 34.8 Å². The van der Waals surface area contributed by atoms with Crippen LogP contribution in [-0.4, -0.2) is 6.04 Å². The third-order valence-electron chi connectivity index (χ3n) is 5.05. The van der Waals surface area contributed by atoms with Gasteiger partial charge in [-0.25, -0.2) is 8.78 Å². The highest BCUT2D eigenvalue weighted by molar-refractivity contribution is 5.23. The molecule has 100 valence electrons. The minimum absolute atomic E-state index is 0.133. The molecule has 1 aliphatic carbocycles. The number of rotatable bonds is 3. The van der Waals surface area contributed by atoms with Crippen LogP contribution in [0.25, 0.3) is 0 Å². The summed E-state index contributed by atoms with van der Waals surface area (Å²) in [6.45, 7) is 8.72. The SMILES string of the molecule is CC1(C)C(C(N)Cc2cccc(F)c2F)C1(C)C. The molecule has 18 heavy (non-hydrogen) atoms. The Balaban J connectivity index is 2.14. The number of hydrogen-bond acceptors (Lipinski definition) is 1.